The Kier molecular flexibility index (Phi) is 4.91. The predicted octanol–water partition coefficient (Wildman–Crippen LogP) is 5.70. The molecule has 1 unspecified atom stereocenters. The molecule has 2 aromatic rings. The van der Waals surface area contributed by atoms with E-state index in [9.17, 15) is 4.79 Å². The molecule has 29 heavy (non-hydrogen) atoms. The van der Waals surface area contributed by atoms with Gasteiger partial charge in [0.25, 0.3) is 0 Å². The van der Waals surface area contributed by atoms with E-state index < -0.39 is 0 Å². The fourth-order valence-corrected chi connectivity index (χ4v) is 5.90. The highest BCUT2D eigenvalue weighted by molar-refractivity contribution is 7.14. The average Bonchev–Trinajstić information content (AvgIpc) is 3.44. The number of piperidine rings is 1. The molecule has 3 aliphatic rings. The third-order valence-corrected chi connectivity index (χ3v) is 7.96. The Morgan fingerprint density at radius 2 is 1.79 bits per heavy atom. The molecule has 2 amide bonds. The van der Waals surface area contributed by atoms with Crippen LogP contribution in [0.25, 0.3) is 0 Å². The van der Waals surface area contributed by atoms with Crippen LogP contribution in [0, 0.1) is 5.41 Å². The van der Waals surface area contributed by atoms with Crippen LogP contribution in [-0.4, -0.2) is 41.5 Å². The molecule has 0 bridgehead atoms. The van der Waals surface area contributed by atoms with Gasteiger partial charge in [0.1, 0.15) is 0 Å². The second kappa shape index (κ2) is 7.44. The number of anilines is 1. The zero-order valence-electron chi connectivity index (χ0n) is 17.4. The van der Waals surface area contributed by atoms with Crippen LogP contribution in [0.4, 0.5) is 9.80 Å². The van der Waals surface area contributed by atoms with Gasteiger partial charge in [-0.1, -0.05) is 24.3 Å². The van der Waals surface area contributed by atoms with E-state index in [1.807, 2.05) is 22.4 Å². The van der Waals surface area contributed by atoms with Crippen molar-refractivity contribution in [2.24, 2.45) is 5.41 Å². The van der Waals surface area contributed by atoms with Gasteiger partial charge >= 0.3 is 6.03 Å². The number of carbonyl (C=O) groups excluding carboxylic acids is 1. The van der Waals surface area contributed by atoms with Crippen molar-refractivity contribution >= 4 is 22.4 Å². The number of nitrogens with one attached hydrogen (secondary N) is 1. The number of hydrogen-bond donors (Lipinski definition) is 1. The first-order valence-corrected chi connectivity index (χ1v) is 11.9. The molecule has 1 atom stereocenters. The van der Waals surface area contributed by atoms with Gasteiger partial charge in [0, 0.05) is 37.1 Å². The van der Waals surface area contributed by atoms with Gasteiger partial charge < -0.3 is 4.90 Å². The standard InChI is InChI=1S/C24H31N3OS/c1-17(2)27-16-24(22(27)20-9-7-19(8-10-20)18-5-6-18)11-13-26(14-12-24)23(28)25-21-4-3-15-29-21/h3-4,7-10,15,17-18,22H,5-6,11-14,16H2,1-2H3,(H,25,28). The molecule has 1 aromatic heterocycles. The molecule has 1 aromatic carbocycles. The van der Waals surface area contributed by atoms with E-state index in [1.165, 1.54) is 24.0 Å². The van der Waals surface area contributed by atoms with Crippen molar-refractivity contribution in [3.8, 4) is 0 Å². The van der Waals surface area contributed by atoms with E-state index in [2.05, 4.69) is 48.3 Å². The molecule has 1 N–H and O–H groups in total. The second-order valence-corrected chi connectivity index (χ2v) is 10.3. The molecule has 0 radical (unpaired) electrons. The molecule has 1 spiro atoms. The third kappa shape index (κ3) is 3.59. The fourth-order valence-electron chi connectivity index (χ4n) is 5.29. The summed E-state index contributed by atoms with van der Waals surface area (Å²) in [6, 6.07) is 14.5. The highest BCUT2D eigenvalue weighted by Crippen LogP contribution is 2.56. The molecule has 5 rings (SSSR count). The van der Waals surface area contributed by atoms with Crippen molar-refractivity contribution in [3.05, 3.63) is 52.9 Å². The van der Waals surface area contributed by atoms with Gasteiger partial charge in [0.05, 0.1) is 5.00 Å². The SMILES string of the molecule is CC(C)N1CC2(CCN(C(=O)Nc3cccs3)CC2)C1c1ccc(C2CC2)cc1. The molecule has 154 valence electrons. The van der Waals surface area contributed by atoms with Crippen molar-refractivity contribution in [1.82, 2.24) is 9.80 Å². The topological polar surface area (TPSA) is 35.6 Å². The summed E-state index contributed by atoms with van der Waals surface area (Å²) >= 11 is 1.57. The fraction of sp³-hybridized carbons (Fsp3) is 0.542. The van der Waals surface area contributed by atoms with Crippen molar-refractivity contribution < 1.29 is 4.79 Å². The van der Waals surface area contributed by atoms with Crippen LogP contribution in [0.3, 0.4) is 0 Å². The van der Waals surface area contributed by atoms with Crippen molar-refractivity contribution in [3.63, 3.8) is 0 Å². The van der Waals surface area contributed by atoms with Crippen LogP contribution in [0.15, 0.2) is 41.8 Å². The van der Waals surface area contributed by atoms with Gasteiger partial charge in [0.15, 0.2) is 0 Å². The van der Waals surface area contributed by atoms with Crippen LogP contribution < -0.4 is 5.32 Å². The summed E-state index contributed by atoms with van der Waals surface area (Å²) in [6.07, 6.45) is 4.88. The van der Waals surface area contributed by atoms with Crippen LogP contribution in [0.2, 0.25) is 0 Å². The van der Waals surface area contributed by atoms with Crippen molar-refractivity contribution in [1.29, 1.82) is 0 Å². The van der Waals surface area contributed by atoms with Gasteiger partial charge in [0.2, 0.25) is 0 Å². The minimum absolute atomic E-state index is 0.0488. The Morgan fingerprint density at radius 3 is 2.38 bits per heavy atom. The molecular weight excluding hydrogens is 378 g/mol. The molecule has 3 fully saturated rings. The minimum Gasteiger partial charge on any atom is -0.324 e. The lowest BCUT2D eigenvalue weighted by Gasteiger charge is -2.62. The summed E-state index contributed by atoms with van der Waals surface area (Å²) in [7, 11) is 0. The lowest BCUT2D eigenvalue weighted by atomic mass is 9.62. The van der Waals surface area contributed by atoms with Gasteiger partial charge in [-0.25, -0.2) is 4.79 Å². The maximum atomic E-state index is 12.6. The molecule has 4 nitrogen and oxygen atoms in total. The molecule has 5 heteroatoms. The first kappa shape index (κ1) is 19.1. The van der Waals surface area contributed by atoms with E-state index in [0.29, 0.717) is 17.5 Å². The number of hydrogen-bond acceptors (Lipinski definition) is 3. The van der Waals surface area contributed by atoms with Gasteiger partial charge in [-0.2, -0.15) is 0 Å². The summed E-state index contributed by atoms with van der Waals surface area (Å²) < 4.78 is 0. The highest BCUT2D eigenvalue weighted by Gasteiger charge is 2.54. The number of carbonyl (C=O) groups is 1. The normalized spacial score (nSPS) is 24.0. The quantitative estimate of drug-likeness (QED) is 0.702. The smallest absolute Gasteiger partial charge is 0.322 e. The van der Waals surface area contributed by atoms with E-state index >= 15 is 0 Å². The number of rotatable bonds is 4. The van der Waals surface area contributed by atoms with Crippen LogP contribution in [-0.2, 0) is 0 Å². The molecule has 2 saturated heterocycles. The van der Waals surface area contributed by atoms with E-state index in [4.69, 9.17) is 0 Å². The second-order valence-electron chi connectivity index (χ2n) is 9.37. The molecular formula is C24H31N3OS. The summed E-state index contributed by atoms with van der Waals surface area (Å²) in [5.41, 5.74) is 3.29. The van der Waals surface area contributed by atoms with Crippen molar-refractivity contribution in [2.75, 3.05) is 25.0 Å². The monoisotopic (exact) mass is 409 g/mol. The first-order chi connectivity index (χ1) is 14.1. The third-order valence-electron chi connectivity index (χ3n) is 7.17. The first-order valence-electron chi connectivity index (χ1n) is 11.0. The lowest BCUT2D eigenvalue weighted by molar-refractivity contribution is -0.123. The Labute approximate surface area is 177 Å². The Bertz CT molecular complexity index is 849. The number of likely N-dealkylation sites (tertiary alicyclic amines) is 2. The predicted molar refractivity (Wildman–Crippen MR) is 120 cm³/mol. The van der Waals surface area contributed by atoms with Crippen LogP contribution >= 0.6 is 11.3 Å². The van der Waals surface area contributed by atoms with Gasteiger partial charge in [-0.15, -0.1) is 11.3 Å². The number of amides is 2. The molecule has 2 aliphatic heterocycles. The lowest BCUT2D eigenvalue weighted by Crippen LogP contribution is -2.64. The highest BCUT2D eigenvalue weighted by atomic mass is 32.1. The maximum absolute atomic E-state index is 12.6. The van der Waals surface area contributed by atoms with Gasteiger partial charge in [-0.3, -0.25) is 10.2 Å². The minimum atomic E-state index is 0.0488. The zero-order chi connectivity index (χ0) is 20.0. The maximum Gasteiger partial charge on any atom is 0.322 e. The summed E-state index contributed by atoms with van der Waals surface area (Å²) in [6.45, 7) is 7.46. The molecule has 1 aliphatic carbocycles. The number of urea groups is 1. The Balaban J connectivity index is 1.28. The van der Waals surface area contributed by atoms with Crippen LogP contribution in [0.1, 0.15) is 62.6 Å². The molecule has 3 heterocycles. The number of thiophene rings is 1. The van der Waals surface area contributed by atoms with Gasteiger partial charge in [-0.05, 0) is 74.1 Å². The summed E-state index contributed by atoms with van der Waals surface area (Å²) in [4.78, 5) is 17.3. The molecule has 1 saturated carbocycles. The zero-order valence-corrected chi connectivity index (χ0v) is 18.3. The average molecular weight is 410 g/mol. The number of nitrogens with zero attached hydrogens (tertiary/aromatic N) is 2. The Hall–Kier alpha value is -1.85. The Morgan fingerprint density at radius 1 is 1.10 bits per heavy atom. The largest absolute Gasteiger partial charge is 0.324 e. The van der Waals surface area contributed by atoms with Crippen LogP contribution in [0.5, 0.6) is 0 Å². The van der Waals surface area contributed by atoms with E-state index in [0.717, 1.165) is 43.4 Å². The van der Waals surface area contributed by atoms with Crippen molar-refractivity contribution in [2.45, 2.75) is 57.5 Å². The summed E-state index contributed by atoms with van der Waals surface area (Å²) in [5, 5.41) is 5.97. The van der Waals surface area contributed by atoms with E-state index in [1.54, 1.807) is 11.3 Å². The summed E-state index contributed by atoms with van der Waals surface area (Å²) in [5.74, 6) is 0.811. The number of benzene rings is 1. The van der Waals surface area contributed by atoms with E-state index in [-0.39, 0.29) is 6.03 Å².